The fourth-order valence-corrected chi connectivity index (χ4v) is 1.21. The molecule has 0 amide bonds. The van der Waals surface area contributed by atoms with Crippen LogP contribution in [0.5, 0.6) is 0 Å². The molecule has 78 valence electrons. The molecule has 0 aliphatic rings. The first kappa shape index (κ1) is 11.1. The second kappa shape index (κ2) is 6.45. The molecule has 0 saturated heterocycles. The van der Waals surface area contributed by atoms with Gasteiger partial charge in [0.25, 0.3) is 0 Å². The number of hydrogen-bond acceptors (Lipinski definition) is 4. The van der Waals surface area contributed by atoms with Gasteiger partial charge in [0.15, 0.2) is 0 Å². The minimum absolute atomic E-state index is 0.403. The summed E-state index contributed by atoms with van der Waals surface area (Å²) in [5.41, 5.74) is 1.10. The summed E-state index contributed by atoms with van der Waals surface area (Å²) in [5.74, 6) is 0. The molecule has 4 heteroatoms. The average molecular weight is 195 g/mol. The third-order valence-corrected chi connectivity index (χ3v) is 2.07. The lowest BCUT2D eigenvalue weighted by atomic mass is 10.2. The van der Waals surface area contributed by atoms with E-state index in [0.29, 0.717) is 6.04 Å². The van der Waals surface area contributed by atoms with Crippen molar-refractivity contribution in [3.8, 4) is 0 Å². The third kappa shape index (κ3) is 3.81. The van der Waals surface area contributed by atoms with Crippen molar-refractivity contribution in [2.45, 2.75) is 25.9 Å². The molecule has 0 aliphatic heterocycles. The predicted octanol–water partition coefficient (Wildman–Crippen LogP) is 0.991. The Hall–Kier alpha value is -1.00. The van der Waals surface area contributed by atoms with E-state index in [1.165, 1.54) is 6.33 Å². The molecule has 4 nitrogen and oxygen atoms in total. The highest BCUT2D eigenvalue weighted by Crippen LogP contribution is 1.96. The number of hydrogen-bond donors (Lipinski definition) is 1. The van der Waals surface area contributed by atoms with Crippen LogP contribution < -0.4 is 5.32 Å². The summed E-state index contributed by atoms with van der Waals surface area (Å²) in [4.78, 5) is 7.90. The molecule has 14 heavy (non-hydrogen) atoms. The van der Waals surface area contributed by atoms with E-state index >= 15 is 0 Å². The van der Waals surface area contributed by atoms with Crippen LogP contribution in [0.15, 0.2) is 18.7 Å². The van der Waals surface area contributed by atoms with Gasteiger partial charge in [0.2, 0.25) is 0 Å². The third-order valence-electron chi connectivity index (χ3n) is 2.07. The molecule has 0 spiro atoms. The highest BCUT2D eigenvalue weighted by Gasteiger charge is 2.04. The summed E-state index contributed by atoms with van der Waals surface area (Å²) in [6.07, 6.45) is 6.23. The van der Waals surface area contributed by atoms with Gasteiger partial charge in [-0.25, -0.2) is 9.97 Å². The molecule has 1 aromatic rings. The molecule has 0 saturated carbocycles. The standard InChI is InChI=1S/C10H17N3O/c1-3-10(7-14-2)13-6-9-4-11-8-12-5-9/h4-5,8,10,13H,3,6-7H2,1-2H3/t10-/m1/s1. The number of ether oxygens (including phenoxy) is 1. The van der Waals surface area contributed by atoms with E-state index in [9.17, 15) is 0 Å². The van der Waals surface area contributed by atoms with Gasteiger partial charge in [0.05, 0.1) is 6.61 Å². The quantitative estimate of drug-likeness (QED) is 0.735. The maximum atomic E-state index is 5.09. The largest absolute Gasteiger partial charge is 0.383 e. The molecule has 0 radical (unpaired) electrons. The van der Waals surface area contributed by atoms with Crippen molar-refractivity contribution in [2.24, 2.45) is 0 Å². The molecule has 0 aromatic carbocycles. The van der Waals surface area contributed by atoms with Gasteiger partial charge in [-0.15, -0.1) is 0 Å². The zero-order chi connectivity index (χ0) is 10.2. The van der Waals surface area contributed by atoms with Crippen LogP contribution in [0, 0.1) is 0 Å². The van der Waals surface area contributed by atoms with E-state index in [0.717, 1.165) is 25.1 Å². The zero-order valence-electron chi connectivity index (χ0n) is 8.73. The maximum Gasteiger partial charge on any atom is 0.115 e. The van der Waals surface area contributed by atoms with Crippen LogP contribution in [0.4, 0.5) is 0 Å². The van der Waals surface area contributed by atoms with Crippen molar-refractivity contribution in [3.63, 3.8) is 0 Å². The van der Waals surface area contributed by atoms with Gasteiger partial charge in [0.1, 0.15) is 6.33 Å². The molecule has 1 N–H and O–H groups in total. The van der Waals surface area contributed by atoms with Gasteiger partial charge in [-0.05, 0) is 6.42 Å². The molecular formula is C10H17N3O. The second-order valence-corrected chi connectivity index (χ2v) is 3.19. The lowest BCUT2D eigenvalue weighted by Crippen LogP contribution is -2.32. The van der Waals surface area contributed by atoms with E-state index in [-0.39, 0.29) is 0 Å². The Balaban J connectivity index is 2.32. The topological polar surface area (TPSA) is 47.0 Å². The summed E-state index contributed by atoms with van der Waals surface area (Å²) in [7, 11) is 1.72. The van der Waals surface area contributed by atoms with Crippen LogP contribution in [0.2, 0.25) is 0 Å². The van der Waals surface area contributed by atoms with Crippen LogP contribution in [0.1, 0.15) is 18.9 Å². The lowest BCUT2D eigenvalue weighted by molar-refractivity contribution is 0.164. The van der Waals surface area contributed by atoms with E-state index in [1.54, 1.807) is 7.11 Å². The molecule has 1 heterocycles. The van der Waals surface area contributed by atoms with Crippen molar-refractivity contribution >= 4 is 0 Å². The highest BCUT2D eigenvalue weighted by atomic mass is 16.5. The normalized spacial score (nSPS) is 12.7. The Kier molecular flexibility index (Phi) is 5.11. The fourth-order valence-electron chi connectivity index (χ4n) is 1.21. The predicted molar refractivity (Wildman–Crippen MR) is 54.8 cm³/mol. The van der Waals surface area contributed by atoms with Crippen LogP contribution in [-0.2, 0) is 11.3 Å². The Morgan fingerprint density at radius 3 is 2.71 bits per heavy atom. The van der Waals surface area contributed by atoms with Crippen molar-refractivity contribution in [1.82, 2.24) is 15.3 Å². The Morgan fingerprint density at radius 1 is 1.43 bits per heavy atom. The van der Waals surface area contributed by atoms with E-state index < -0.39 is 0 Å². The smallest absolute Gasteiger partial charge is 0.115 e. The molecule has 0 fully saturated rings. The second-order valence-electron chi connectivity index (χ2n) is 3.19. The number of methoxy groups -OCH3 is 1. The summed E-state index contributed by atoms with van der Waals surface area (Å²) in [5, 5.41) is 3.38. The van der Waals surface area contributed by atoms with Crippen molar-refractivity contribution in [2.75, 3.05) is 13.7 Å². The van der Waals surface area contributed by atoms with Gasteiger partial charge in [-0.2, -0.15) is 0 Å². The molecule has 0 bridgehead atoms. The minimum Gasteiger partial charge on any atom is -0.383 e. The van der Waals surface area contributed by atoms with Crippen molar-refractivity contribution < 1.29 is 4.74 Å². The molecule has 0 aliphatic carbocycles. The van der Waals surface area contributed by atoms with Crippen LogP contribution in [0.3, 0.4) is 0 Å². The summed E-state index contributed by atoms with van der Waals surface area (Å²) in [6.45, 7) is 3.67. The average Bonchev–Trinajstić information content (AvgIpc) is 2.25. The van der Waals surface area contributed by atoms with Crippen LogP contribution in [0.25, 0.3) is 0 Å². The molecule has 1 rings (SSSR count). The van der Waals surface area contributed by atoms with Gasteiger partial charge in [-0.3, -0.25) is 0 Å². The fraction of sp³-hybridized carbons (Fsp3) is 0.600. The van der Waals surface area contributed by atoms with Gasteiger partial charge in [-0.1, -0.05) is 6.92 Å². The Labute approximate surface area is 84.7 Å². The Bertz CT molecular complexity index is 240. The minimum atomic E-state index is 0.403. The number of nitrogens with one attached hydrogen (secondary N) is 1. The van der Waals surface area contributed by atoms with E-state index in [1.807, 2.05) is 12.4 Å². The van der Waals surface area contributed by atoms with E-state index in [4.69, 9.17) is 4.74 Å². The monoisotopic (exact) mass is 195 g/mol. The van der Waals surface area contributed by atoms with E-state index in [2.05, 4.69) is 22.2 Å². The number of nitrogens with zero attached hydrogens (tertiary/aromatic N) is 2. The van der Waals surface area contributed by atoms with Crippen LogP contribution >= 0.6 is 0 Å². The first-order chi connectivity index (χ1) is 6.86. The molecule has 1 aromatic heterocycles. The van der Waals surface area contributed by atoms with Crippen molar-refractivity contribution in [3.05, 3.63) is 24.3 Å². The lowest BCUT2D eigenvalue weighted by Gasteiger charge is -2.15. The van der Waals surface area contributed by atoms with Gasteiger partial charge >= 0.3 is 0 Å². The summed E-state index contributed by atoms with van der Waals surface area (Å²) in [6, 6.07) is 0.403. The zero-order valence-corrected chi connectivity index (χ0v) is 8.73. The molecular weight excluding hydrogens is 178 g/mol. The maximum absolute atomic E-state index is 5.09. The number of rotatable bonds is 6. The van der Waals surface area contributed by atoms with Gasteiger partial charge in [0, 0.05) is 37.7 Å². The molecule has 0 unspecified atom stereocenters. The summed E-state index contributed by atoms with van der Waals surface area (Å²) >= 11 is 0. The SMILES string of the molecule is CC[C@H](COC)NCc1cncnc1. The summed E-state index contributed by atoms with van der Waals surface area (Å²) < 4.78 is 5.09. The van der Waals surface area contributed by atoms with Gasteiger partial charge < -0.3 is 10.1 Å². The molecule has 1 atom stereocenters. The first-order valence-corrected chi connectivity index (χ1v) is 4.83. The van der Waals surface area contributed by atoms with Crippen LogP contribution in [-0.4, -0.2) is 29.7 Å². The Morgan fingerprint density at radius 2 is 2.14 bits per heavy atom. The van der Waals surface area contributed by atoms with Crippen molar-refractivity contribution in [1.29, 1.82) is 0 Å². The first-order valence-electron chi connectivity index (χ1n) is 4.83. The number of aromatic nitrogens is 2. The highest BCUT2D eigenvalue weighted by molar-refractivity contribution is 5.01.